The van der Waals surface area contributed by atoms with Gasteiger partial charge in [0, 0.05) is 25.3 Å². The summed E-state index contributed by atoms with van der Waals surface area (Å²) in [6, 6.07) is 8.99. The first kappa shape index (κ1) is 11.9. The highest BCUT2D eigenvalue weighted by Gasteiger charge is 2.23. The number of nitrogens with zero attached hydrogens (tertiary/aromatic N) is 2. The largest absolute Gasteiger partial charge is 0.365 e. The van der Waals surface area contributed by atoms with Gasteiger partial charge in [-0.1, -0.05) is 12.1 Å². The molecule has 0 bridgehead atoms. The Bertz CT molecular complexity index is 434. The lowest BCUT2D eigenvalue weighted by Gasteiger charge is -2.38. The molecule has 0 radical (unpaired) electrons. The van der Waals surface area contributed by atoms with Crippen molar-refractivity contribution in [2.45, 2.75) is 26.3 Å². The summed E-state index contributed by atoms with van der Waals surface area (Å²) in [5.74, 6) is 0. The molecule has 1 heterocycles. The van der Waals surface area contributed by atoms with Crippen LogP contribution in [0.3, 0.4) is 0 Å². The summed E-state index contributed by atoms with van der Waals surface area (Å²) in [5, 5.41) is 12.3. The van der Waals surface area contributed by atoms with Crippen LogP contribution >= 0.6 is 0 Å². The van der Waals surface area contributed by atoms with Gasteiger partial charge in [0.2, 0.25) is 0 Å². The normalized spacial score (nSPS) is 20.1. The Morgan fingerprint density at radius 1 is 1.47 bits per heavy atom. The molecule has 1 atom stereocenters. The van der Waals surface area contributed by atoms with E-state index >= 15 is 0 Å². The van der Waals surface area contributed by atoms with Crippen molar-refractivity contribution in [3.8, 4) is 6.07 Å². The van der Waals surface area contributed by atoms with E-state index in [4.69, 9.17) is 5.26 Å². The molecule has 1 fully saturated rings. The zero-order valence-corrected chi connectivity index (χ0v) is 10.5. The van der Waals surface area contributed by atoms with Crippen molar-refractivity contribution in [2.24, 2.45) is 0 Å². The summed E-state index contributed by atoms with van der Waals surface area (Å²) >= 11 is 0. The lowest BCUT2D eigenvalue weighted by Crippen LogP contribution is -2.51. The first-order valence-electron chi connectivity index (χ1n) is 6.14. The van der Waals surface area contributed by atoms with Crippen LogP contribution in [0.25, 0.3) is 0 Å². The first-order chi connectivity index (χ1) is 8.24. The smallest absolute Gasteiger partial charge is 0.0643 e. The van der Waals surface area contributed by atoms with Crippen LogP contribution in [0.2, 0.25) is 0 Å². The number of nitrogens with one attached hydrogen (secondary N) is 1. The predicted octanol–water partition coefficient (Wildman–Crippen LogP) is 2.00. The standard InChI is InChI=1S/C14H19N3/c1-11-4-3-5-14(12(11)2)17-9-8-16-10-13(17)6-7-15/h3-5,13,16H,6,8-10H2,1-2H3. The average molecular weight is 229 g/mol. The number of piperazine rings is 1. The summed E-state index contributed by atoms with van der Waals surface area (Å²) in [5.41, 5.74) is 3.93. The summed E-state index contributed by atoms with van der Waals surface area (Å²) in [7, 11) is 0. The Labute approximate surface area is 103 Å². The third-order valence-corrected chi connectivity index (χ3v) is 3.56. The second-order valence-corrected chi connectivity index (χ2v) is 4.63. The average Bonchev–Trinajstić information content (AvgIpc) is 2.34. The van der Waals surface area contributed by atoms with E-state index in [2.05, 4.69) is 48.3 Å². The van der Waals surface area contributed by atoms with Crippen molar-refractivity contribution in [2.75, 3.05) is 24.5 Å². The number of hydrogen-bond donors (Lipinski definition) is 1. The number of rotatable bonds is 2. The van der Waals surface area contributed by atoms with Crippen molar-refractivity contribution in [1.29, 1.82) is 5.26 Å². The zero-order chi connectivity index (χ0) is 12.3. The molecular weight excluding hydrogens is 210 g/mol. The summed E-state index contributed by atoms with van der Waals surface area (Å²) < 4.78 is 0. The van der Waals surface area contributed by atoms with Gasteiger partial charge in [0.15, 0.2) is 0 Å². The van der Waals surface area contributed by atoms with Gasteiger partial charge in [-0.3, -0.25) is 0 Å². The van der Waals surface area contributed by atoms with E-state index in [9.17, 15) is 0 Å². The Morgan fingerprint density at radius 2 is 2.29 bits per heavy atom. The maximum atomic E-state index is 8.90. The van der Waals surface area contributed by atoms with Gasteiger partial charge in [-0.25, -0.2) is 0 Å². The minimum absolute atomic E-state index is 0.300. The summed E-state index contributed by atoms with van der Waals surface area (Å²) in [4.78, 5) is 2.38. The molecule has 0 aromatic heterocycles. The lowest BCUT2D eigenvalue weighted by atomic mass is 10.0. The molecule has 17 heavy (non-hydrogen) atoms. The zero-order valence-electron chi connectivity index (χ0n) is 10.5. The van der Waals surface area contributed by atoms with Crippen LogP contribution in [-0.4, -0.2) is 25.7 Å². The molecule has 0 amide bonds. The van der Waals surface area contributed by atoms with Crippen molar-refractivity contribution < 1.29 is 0 Å². The van der Waals surface area contributed by atoms with Crippen LogP contribution in [0.5, 0.6) is 0 Å². The van der Waals surface area contributed by atoms with E-state index in [1.54, 1.807) is 0 Å². The molecule has 1 aromatic rings. The predicted molar refractivity (Wildman–Crippen MR) is 70.1 cm³/mol. The van der Waals surface area contributed by atoms with Crippen LogP contribution in [0.4, 0.5) is 5.69 Å². The van der Waals surface area contributed by atoms with Crippen molar-refractivity contribution in [3.63, 3.8) is 0 Å². The number of benzene rings is 1. The number of nitriles is 1. The van der Waals surface area contributed by atoms with Crippen LogP contribution in [0.1, 0.15) is 17.5 Å². The van der Waals surface area contributed by atoms with Crippen LogP contribution in [0.15, 0.2) is 18.2 Å². The number of hydrogen-bond acceptors (Lipinski definition) is 3. The molecule has 1 N–H and O–H groups in total. The van der Waals surface area contributed by atoms with Gasteiger partial charge in [-0.2, -0.15) is 5.26 Å². The Morgan fingerprint density at radius 3 is 3.06 bits per heavy atom. The molecule has 3 nitrogen and oxygen atoms in total. The number of anilines is 1. The Balaban J connectivity index is 2.30. The van der Waals surface area contributed by atoms with Gasteiger partial charge in [0.25, 0.3) is 0 Å². The molecule has 1 aliphatic heterocycles. The molecule has 0 spiro atoms. The second kappa shape index (κ2) is 5.20. The van der Waals surface area contributed by atoms with Crippen molar-refractivity contribution in [3.05, 3.63) is 29.3 Å². The SMILES string of the molecule is Cc1cccc(N2CCNCC2CC#N)c1C. The number of aryl methyl sites for hydroxylation is 1. The van der Waals surface area contributed by atoms with Crippen molar-refractivity contribution >= 4 is 5.69 Å². The molecule has 1 aromatic carbocycles. The van der Waals surface area contributed by atoms with Gasteiger partial charge in [-0.05, 0) is 31.0 Å². The van der Waals surface area contributed by atoms with E-state index < -0.39 is 0 Å². The molecular formula is C14H19N3. The molecule has 1 unspecified atom stereocenters. The van der Waals surface area contributed by atoms with Crippen LogP contribution < -0.4 is 10.2 Å². The van der Waals surface area contributed by atoms with Crippen LogP contribution in [-0.2, 0) is 0 Å². The van der Waals surface area contributed by atoms with Gasteiger partial charge >= 0.3 is 0 Å². The Kier molecular flexibility index (Phi) is 3.65. The molecule has 1 saturated heterocycles. The topological polar surface area (TPSA) is 39.1 Å². The van der Waals surface area contributed by atoms with Gasteiger partial charge in [0.1, 0.15) is 0 Å². The van der Waals surface area contributed by atoms with Crippen LogP contribution in [0, 0.1) is 25.2 Å². The summed E-state index contributed by atoms with van der Waals surface area (Å²) in [6.07, 6.45) is 0.584. The highest BCUT2D eigenvalue weighted by Crippen LogP contribution is 2.26. The fraction of sp³-hybridized carbons (Fsp3) is 0.500. The molecule has 3 heteroatoms. The first-order valence-corrected chi connectivity index (χ1v) is 6.14. The lowest BCUT2D eigenvalue weighted by molar-refractivity contribution is 0.480. The highest BCUT2D eigenvalue weighted by atomic mass is 15.2. The van der Waals surface area contributed by atoms with E-state index in [1.165, 1.54) is 16.8 Å². The van der Waals surface area contributed by atoms with Gasteiger partial charge in [0.05, 0.1) is 18.5 Å². The maximum absolute atomic E-state index is 8.90. The molecule has 2 rings (SSSR count). The highest BCUT2D eigenvalue weighted by molar-refractivity contribution is 5.57. The van der Waals surface area contributed by atoms with Crippen molar-refractivity contribution in [1.82, 2.24) is 5.32 Å². The third-order valence-electron chi connectivity index (χ3n) is 3.56. The molecule has 1 aliphatic rings. The monoisotopic (exact) mass is 229 g/mol. The third kappa shape index (κ3) is 2.42. The van der Waals surface area contributed by atoms with Gasteiger partial charge in [-0.15, -0.1) is 0 Å². The minimum atomic E-state index is 0.300. The van der Waals surface area contributed by atoms with E-state index in [1.807, 2.05) is 0 Å². The molecule has 0 aliphatic carbocycles. The molecule has 0 saturated carbocycles. The van der Waals surface area contributed by atoms with E-state index in [0.29, 0.717) is 12.5 Å². The maximum Gasteiger partial charge on any atom is 0.0643 e. The van der Waals surface area contributed by atoms with Gasteiger partial charge < -0.3 is 10.2 Å². The fourth-order valence-electron chi connectivity index (χ4n) is 2.41. The van der Waals surface area contributed by atoms with E-state index in [0.717, 1.165) is 19.6 Å². The van der Waals surface area contributed by atoms with E-state index in [-0.39, 0.29) is 0 Å². The Hall–Kier alpha value is -1.53. The quantitative estimate of drug-likeness (QED) is 0.843. The summed E-state index contributed by atoms with van der Waals surface area (Å²) in [6.45, 7) is 7.18. The minimum Gasteiger partial charge on any atom is -0.365 e. The molecule has 90 valence electrons. The second-order valence-electron chi connectivity index (χ2n) is 4.63. The fourth-order valence-corrected chi connectivity index (χ4v) is 2.41.